The maximum absolute atomic E-state index is 12.8. The van der Waals surface area contributed by atoms with Crippen LogP contribution in [0.3, 0.4) is 0 Å². The lowest BCUT2D eigenvalue weighted by Gasteiger charge is -2.29. The highest BCUT2D eigenvalue weighted by Gasteiger charge is 2.33. The molecule has 0 aliphatic heterocycles. The number of thioether (sulfide) groups is 1. The molecule has 9 nitrogen and oxygen atoms in total. The minimum absolute atomic E-state index is 0.0101. The van der Waals surface area contributed by atoms with Gasteiger partial charge in [0.1, 0.15) is 6.04 Å². The summed E-state index contributed by atoms with van der Waals surface area (Å²) in [6.45, 7) is 10.4. The van der Waals surface area contributed by atoms with Crippen LogP contribution in [0, 0.1) is 16.5 Å². The summed E-state index contributed by atoms with van der Waals surface area (Å²) in [4.78, 5) is 42.2. The summed E-state index contributed by atoms with van der Waals surface area (Å²) in [6, 6.07) is 6.85. The van der Waals surface area contributed by atoms with E-state index >= 15 is 0 Å². The zero-order valence-corrected chi connectivity index (χ0v) is 20.9. The molecule has 0 aliphatic carbocycles. The van der Waals surface area contributed by atoms with Crippen molar-refractivity contribution in [2.24, 2.45) is 11.3 Å². The van der Waals surface area contributed by atoms with Crippen molar-refractivity contribution < 1.29 is 29.2 Å². The molecule has 1 aromatic carbocycles. The number of ether oxygens (including phenoxy) is 1. The molecule has 0 saturated carbocycles. The van der Waals surface area contributed by atoms with Crippen LogP contribution in [0.1, 0.15) is 58.6 Å². The summed E-state index contributed by atoms with van der Waals surface area (Å²) in [7, 11) is 0. The maximum Gasteiger partial charge on any atom is 0.329 e. The van der Waals surface area contributed by atoms with Gasteiger partial charge < -0.3 is 20.5 Å². The van der Waals surface area contributed by atoms with Crippen molar-refractivity contribution in [2.45, 2.75) is 59.9 Å². The number of carbonyl (C=O) groups excluding carboxylic acids is 3. The third-order valence-electron chi connectivity index (χ3n) is 4.90. The largest absolute Gasteiger partial charge is 0.738 e. The van der Waals surface area contributed by atoms with Gasteiger partial charge in [-0.3, -0.25) is 14.4 Å². The molecule has 0 saturated heterocycles. The lowest BCUT2D eigenvalue weighted by Crippen LogP contribution is -2.50. The third kappa shape index (κ3) is 10.2. The maximum atomic E-state index is 12.8. The number of benzene rings is 1. The molecule has 1 rings (SSSR count). The van der Waals surface area contributed by atoms with Gasteiger partial charge in [0.25, 0.3) is 0 Å². The quantitative estimate of drug-likeness (QED) is 0.320. The molecule has 0 bridgehead atoms. The van der Waals surface area contributed by atoms with Crippen molar-refractivity contribution in [2.75, 3.05) is 19.0 Å². The van der Waals surface area contributed by atoms with E-state index < -0.39 is 35.3 Å². The Balaban J connectivity index is 2.79. The van der Waals surface area contributed by atoms with Gasteiger partial charge >= 0.3 is 5.97 Å². The average Bonchev–Trinajstić information content (AvgIpc) is 2.74. The van der Waals surface area contributed by atoms with Gasteiger partial charge in [0.2, 0.25) is 5.91 Å². The Morgan fingerprint density at radius 3 is 2.30 bits per heavy atom. The lowest BCUT2D eigenvalue weighted by atomic mass is 9.93. The Morgan fingerprint density at radius 2 is 1.79 bits per heavy atom. The topological polar surface area (TPSA) is 128 Å². The highest BCUT2D eigenvalue weighted by atomic mass is 32.2. The van der Waals surface area contributed by atoms with E-state index in [9.17, 15) is 19.6 Å². The van der Waals surface area contributed by atoms with Gasteiger partial charge in [0.15, 0.2) is 5.12 Å². The molecule has 0 fully saturated rings. The van der Waals surface area contributed by atoms with E-state index in [-0.39, 0.29) is 23.4 Å². The smallest absolute Gasteiger partial charge is 0.329 e. The van der Waals surface area contributed by atoms with Crippen molar-refractivity contribution in [3.63, 3.8) is 0 Å². The number of hydrogen-bond donors (Lipinski definition) is 2. The Morgan fingerprint density at radius 1 is 1.18 bits per heavy atom. The normalized spacial score (nSPS) is 13.6. The highest BCUT2D eigenvalue weighted by molar-refractivity contribution is 8.13. The minimum Gasteiger partial charge on any atom is -0.738 e. The summed E-state index contributed by atoms with van der Waals surface area (Å²) in [5.74, 6) is -1.12. The SMILES string of the molecule is CCOC(=O)[C@H](CSC(=O)[C@@H](C)c1ccc(CC(C)C)cc1)NC(=O)C(C)(C)CON([O-])O. The van der Waals surface area contributed by atoms with E-state index in [1.807, 2.05) is 24.3 Å². The first-order valence-corrected chi connectivity index (χ1v) is 11.9. The number of nitrogens with one attached hydrogen (secondary N) is 1. The van der Waals surface area contributed by atoms with Gasteiger partial charge in [0, 0.05) is 5.75 Å². The van der Waals surface area contributed by atoms with Gasteiger partial charge in [-0.15, -0.1) is 5.39 Å². The Hall–Kier alpha value is -1.98. The first-order valence-electron chi connectivity index (χ1n) is 10.9. The molecule has 1 aromatic rings. The third-order valence-corrected chi connectivity index (χ3v) is 6.03. The first-order chi connectivity index (χ1) is 15.4. The van der Waals surface area contributed by atoms with E-state index in [0.29, 0.717) is 5.92 Å². The highest BCUT2D eigenvalue weighted by Crippen LogP contribution is 2.24. The monoisotopic (exact) mass is 483 g/mol. The number of nitrogens with zero attached hydrogens (tertiary/aromatic N) is 1. The Bertz CT molecular complexity index is 782. The van der Waals surface area contributed by atoms with Crippen LogP contribution in [0.5, 0.6) is 0 Å². The fraction of sp³-hybridized carbons (Fsp3) is 0.609. The van der Waals surface area contributed by atoms with Crippen molar-refractivity contribution in [3.05, 3.63) is 40.6 Å². The van der Waals surface area contributed by atoms with E-state index in [0.717, 1.165) is 23.7 Å². The van der Waals surface area contributed by atoms with Gasteiger partial charge in [0.05, 0.1) is 24.5 Å². The average molecular weight is 484 g/mol. The zero-order valence-electron chi connectivity index (χ0n) is 20.1. The van der Waals surface area contributed by atoms with Crippen molar-refractivity contribution in [1.29, 1.82) is 0 Å². The summed E-state index contributed by atoms with van der Waals surface area (Å²) < 4.78 is 5.03. The molecule has 0 unspecified atom stereocenters. The van der Waals surface area contributed by atoms with Gasteiger partial charge in [-0.05, 0) is 44.2 Å². The van der Waals surface area contributed by atoms with Crippen LogP contribution in [-0.4, -0.2) is 52.6 Å². The Kier molecular flexibility index (Phi) is 12.0. The number of esters is 1. The molecule has 10 heteroatoms. The van der Waals surface area contributed by atoms with E-state index in [1.54, 1.807) is 13.8 Å². The second-order valence-electron chi connectivity index (χ2n) is 8.86. The van der Waals surface area contributed by atoms with E-state index in [1.165, 1.54) is 19.4 Å². The summed E-state index contributed by atoms with van der Waals surface area (Å²) >= 11 is 0.943. The Labute approximate surface area is 199 Å². The molecule has 0 aliphatic rings. The van der Waals surface area contributed by atoms with Crippen LogP contribution in [0.4, 0.5) is 0 Å². The lowest BCUT2D eigenvalue weighted by molar-refractivity contribution is -0.313. The molecule has 186 valence electrons. The van der Waals surface area contributed by atoms with Crippen LogP contribution in [0.25, 0.3) is 0 Å². The number of hydrogen-bond acceptors (Lipinski definition) is 9. The second-order valence-corrected chi connectivity index (χ2v) is 9.89. The second kappa shape index (κ2) is 13.7. The van der Waals surface area contributed by atoms with Crippen LogP contribution in [-0.2, 0) is 30.4 Å². The van der Waals surface area contributed by atoms with Gasteiger partial charge in [-0.1, -0.05) is 56.8 Å². The van der Waals surface area contributed by atoms with Crippen molar-refractivity contribution in [1.82, 2.24) is 10.7 Å². The fourth-order valence-corrected chi connectivity index (χ4v) is 3.82. The van der Waals surface area contributed by atoms with Crippen molar-refractivity contribution in [3.8, 4) is 0 Å². The molecular formula is C23H35N2O7S-. The summed E-state index contributed by atoms with van der Waals surface area (Å²) in [5, 5.41) is 20.8. The van der Waals surface area contributed by atoms with Crippen LogP contribution in [0.2, 0.25) is 0 Å². The molecule has 0 spiro atoms. The zero-order chi connectivity index (χ0) is 25.2. The van der Waals surface area contributed by atoms with Gasteiger partial charge in [-0.25, -0.2) is 4.79 Å². The van der Waals surface area contributed by atoms with Crippen LogP contribution < -0.4 is 5.32 Å². The molecule has 1 amide bonds. The molecule has 0 radical (unpaired) electrons. The van der Waals surface area contributed by atoms with Gasteiger partial charge in [-0.2, -0.15) is 0 Å². The summed E-state index contributed by atoms with van der Waals surface area (Å²) in [5.41, 5.74) is 0.857. The summed E-state index contributed by atoms with van der Waals surface area (Å²) in [6.07, 6.45) is 0.963. The first kappa shape index (κ1) is 29.1. The molecule has 0 heterocycles. The number of carbonyl (C=O) groups is 3. The van der Waals surface area contributed by atoms with Crippen LogP contribution >= 0.6 is 11.8 Å². The predicted octanol–water partition coefficient (Wildman–Crippen LogP) is 3.44. The standard InChI is InChI=1S/C23H35N2O7S/c1-7-31-20(26)19(24-22(28)23(5,6)14-32-25(29)30)13-33-21(27)16(4)18-10-8-17(9-11-18)12-15(2)3/h8-11,15-16,19,29H,7,12-14H2,1-6H3,(H,24,28)/q-1/t16-,19-/m0/s1. The molecule has 2 N–H and O–H groups in total. The minimum atomic E-state index is -1.23. The molecule has 2 atom stereocenters. The molecular weight excluding hydrogens is 448 g/mol. The van der Waals surface area contributed by atoms with E-state index in [2.05, 4.69) is 24.0 Å². The fourth-order valence-electron chi connectivity index (χ4n) is 2.89. The molecule has 33 heavy (non-hydrogen) atoms. The predicted molar refractivity (Wildman–Crippen MR) is 126 cm³/mol. The van der Waals surface area contributed by atoms with Crippen LogP contribution in [0.15, 0.2) is 24.3 Å². The van der Waals surface area contributed by atoms with E-state index in [4.69, 9.17) is 9.94 Å². The number of amides is 1. The number of rotatable bonds is 13. The van der Waals surface area contributed by atoms with Crippen molar-refractivity contribution >= 4 is 28.8 Å². The molecule has 0 aromatic heterocycles.